The summed E-state index contributed by atoms with van der Waals surface area (Å²) in [5, 5.41) is 14.5. The third kappa shape index (κ3) is 3.15. The van der Waals surface area contributed by atoms with Crippen LogP contribution in [0.2, 0.25) is 0 Å². The van der Waals surface area contributed by atoms with E-state index in [0.29, 0.717) is 17.9 Å². The predicted octanol–water partition coefficient (Wildman–Crippen LogP) is 3.35. The SMILES string of the molecule is CC1CN(Cc2ccccc2)CC1Nc1nnc(C2CC2)s1. The van der Waals surface area contributed by atoms with Crippen molar-refractivity contribution in [1.82, 2.24) is 15.1 Å². The Morgan fingerprint density at radius 3 is 2.77 bits per heavy atom. The van der Waals surface area contributed by atoms with E-state index in [2.05, 4.69) is 57.7 Å². The van der Waals surface area contributed by atoms with Crippen molar-refractivity contribution >= 4 is 16.5 Å². The molecule has 22 heavy (non-hydrogen) atoms. The molecule has 4 rings (SSSR count). The molecule has 1 saturated carbocycles. The van der Waals surface area contributed by atoms with Gasteiger partial charge in [0.2, 0.25) is 5.13 Å². The van der Waals surface area contributed by atoms with Gasteiger partial charge >= 0.3 is 0 Å². The van der Waals surface area contributed by atoms with Gasteiger partial charge in [-0.1, -0.05) is 48.6 Å². The summed E-state index contributed by atoms with van der Waals surface area (Å²) in [6.07, 6.45) is 2.58. The Balaban J connectivity index is 1.36. The van der Waals surface area contributed by atoms with Crippen LogP contribution in [0.1, 0.15) is 36.3 Å². The van der Waals surface area contributed by atoms with Crippen LogP contribution in [0.5, 0.6) is 0 Å². The molecule has 2 aliphatic rings. The minimum Gasteiger partial charge on any atom is -0.356 e. The molecule has 1 aromatic carbocycles. The summed E-state index contributed by atoms with van der Waals surface area (Å²) in [4.78, 5) is 2.53. The summed E-state index contributed by atoms with van der Waals surface area (Å²) in [7, 11) is 0. The van der Waals surface area contributed by atoms with Gasteiger partial charge in [-0.3, -0.25) is 4.90 Å². The third-order valence-electron chi connectivity index (χ3n) is 4.61. The van der Waals surface area contributed by atoms with Crippen molar-refractivity contribution in [2.75, 3.05) is 18.4 Å². The van der Waals surface area contributed by atoms with E-state index in [1.807, 2.05) is 0 Å². The number of hydrogen-bond acceptors (Lipinski definition) is 5. The van der Waals surface area contributed by atoms with Gasteiger partial charge in [-0.25, -0.2) is 0 Å². The van der Waals surface area contributed by atoms with Crippen LogP contribution in [-0.2, 0) is 6.54 Å². The Morgan fingerprint density at radius 1 is 1.18 bits per heavy atom. The van der Waals surface area contributed by atoms with E-state index in [9.17, 15) is 0 Å². The molecule has 0 amide bonds. The lowest BCUT2D eigenvalue weighted by Crippen LogP contribution is -2.27. The second-order valence-corrected chi connectivity index (χ2v) is 7.64. The van der Waals surface area contributed by atoms with Crippen LogP contribution >= 0.6 is 11.3 Å². The minimum absolute atomic E-state index is 0.476. The van der Waals surface area contributed by atoms with Crippen LogP contribution in [0.4, 0.5) is 5.13 Å². The molecule has 1 N–H and O–H groups in total. The van der Waals surface area contributed by atoms with E-state index in [1.54, 1.807) is 11.3 Å². The Kier molecular flexibility index (Phi) is 3.84. The van der Waals surface area contributed by atoms with Gasteiger partial charge in [0.15, 0.2) is 0 Å². The maximum absolute atomic E-state index is 4.32. The smallest absolute Gasteiger partial charge is 0.205 e. The van der Waals surface area contributed by atoms with Crippen molar-refractivity contribution < 1.29 is 0 Å². The summed E-state index contributed by atoms with van der Waals surface area (Å²) in [6.45, 7) is 5.58. The van der Waals surface area contributed by atoms with Crippen molar-refractivity contribution in [3.63, 3.8) is 0 Å². The predicted molar refractivity (Wildman–Crippen MR) is 90.2 cm³/mol. The highest BCUT2D eigenvalue weighted by Gasteiger charge is 2.31. The first-order valence-electron chi connectivity index (χ1n) is 8.14. The van der Waals surface area contributed by atoms with E-state index < -0.39 is 0 Å². The van der Waals surface area contributed by atoms with Crippen molar-refractivity contribution in [2.24, 2.45) is 5.92 Å². The van der Waals surface area contributed by atoms with Crippen LogP contribution in [-0.4, -0.2) is 34.2 Å². The molecular formula is C17H22N4S. The zero-order valence-corrected chi connectivity index (χ0v) is 13.7. The Morgan fingerprint density at radius 2 is 2.00 bits per heavy atom. The van der Waals surface area contributed by atoms with Gasteiger partial charge in [0.25, 0.3) is 0 Å². The normalized spacial score (nSPS) is 25.5. The van der Waals surface area contributed by atoms with Crippen molar-refractivity contribution in [1.29, 1.82) is 0 Å². The summed E-state index contributed by atoms with van der Waals surface area (Å²) >= 11 is 1.75. The summed E-state index contributed by atoms with van der Waals surface area (Å²) < 4.78 is 0. The second-order valence-electron chi connectivity index (χ2n) is 6.63. The fraction of sp³-hybridized carbons (Fsp3) is 0.529. The highest BCUT2D eigenvalue weighted by Crippen LogP contribution is 2.42. The van der Waals surface area contributed by atoms with Gasteiger partial charge in [0.05, 0.1) is 0 Å². The third-order valence-corrected chi connectivity index (χ3v) is 5.63. The summed E-state index contributed by atoms with van der Waals surface area (Å²) in [5.41, 5.74) is 1.39. The van der Waals surface area contributed by atoms with Crippen LogP contribution in [0, 0.1) is 5.92 Å². The number of hydrogen-bond donors (Lipinski definition) is 1. The van der Waals surface area contributed by atoms with Crippen molar-refractivity contribution in [3.05, 3.63) is 40.9 Å². The molecule has 0 bridgehead atoms. The fourth-order valence-electron chi connectivity index (χ4n) is 3.17. The van der Waals surface area contributed by atoms with Crippen LogP contribution in [0.25, 0.3) is 0 Å². The molecule has 5 heteroatoms. The molecule has 1 aliphatic heterocycles. The largest absolute Gasteiger partial charge is 0.356 e. The van der Waals surface area contributed by atoms with Crippen LogP contribution in [0.15, 0.2) is 30.3 Å². The van der Waals surface area contributed by atoms with Crippen molar-refractivity contribution in [3.8, 4) is 0 Å². The van der Waals surface area contributed by atoms with Gasteiger partial charge in [0, 0.05) is 31.6 Å². The highest BCUT2D eigenvalue weighted by atomic mass is 32.1. The first kappa shape index (κ1) is 14.2. The van der Waals surface area contributed by atoms with Crippen molar-refractivity contribution in [2.45, 2.75) is 38.3 Å². The number of aromatic nitrogens is 2. The summed E-state index contributed by atoms with van der Waals surface area (Å²) in [6, 6.07) is 11.2. The van der Waals surface area contributed by atoms with Gasteiger partial charge in [-0.2, -0.15) is 0 Å². The molecular weight excluding hydrogens is 292 g/mol. The Labute approximate surface area is 135 Å². The lowest BCUT2D eigenvalue weighted by atomic mass is 10.1. The fourth-order valence-corrected chi connectivity index (χ4v) is 4.15. The lowest BCUT2D eigenvalue weighted by molar-refractivity contribution is 0.319. The molecule has 2 aromatic rings. The average molecular weight is 314 g/mol. The molecule has 2 atom stereocenters. The van der Waals surface area contributed by atoms with Crippen LogP contribution < -0.4 is 5.32 Å². The first-order chi connectivity index (χ1) is 10.8. The standard InChI is InChI=1S/C17H22N4S/c1-12-9-21(10-13-5-3-2-4-6-13)11-15(12)18-17-20-19-16(22-17)14-7-8-14/h2-6,12,14-15H,7-11H2,1H3,(H,18,20). The molecule has 4 nitrogen and oxygen atoms in total. The molecule has 116 valence electrons. The second kappa shape index (κ2) is 5.97. The van der Waals surface area contributed by atoms with Gasteiger partial charge < -0.3 is 5.32 Å². The van der Waals surface area contributed by atoms with Gasteiger partial charge in [0.1, 0.15) is 5.01 Å². The molecule has 2 fully saturated rings. The number of rotatable bonds is 5. The van der Waals surface area contributed by atoms with E-state index in [1.165, 1.54) is 23.4 Å². The molecule has 2 unspecified atom stereocenters. The van der Waals surface area contributed by atoms with Gasteiger partial charge in [-0.15, -0.1) is 10.2 Å². The summed E-state index contributed by atoms with van der Waals surface area (Å²) in [5.74, 6) is 1.33. The van der Waals surface area contributed by atoms with Gasteiger partial charge in [-0.05, 0) is 24.3 Å². The average Bonchev–Trinajstić information content (AvgIpc) is 3.18. The van der Waals surface area contributed by atoms with Crippen LogP contribution in [0.3, 0.4) is 0 Å². The number of benzene rings is 1. The molecule has 1 saturated heterocycles. The zero-order valence-electron chi connectivity index (χ0n) is 12.9. The minimum atomic E-state index is 0.476. The maximum Gasteiger partial charge on any atom is 0.205 e. The number of nitrogens with zero attached hydrogens (tertiary/aromatic N) is 3. The molecule has 2 heterocycles. The zero-order chi connectivity index (χ0) is 14.9. The number of anilines is 1. The van der Waals surface area contributed by atoms with E-state index in [-0.39, 0.29) is 0 Å². The van der Waals surface area contributed by atoms with E-state index in [4.69, 9.17) is 0 Å². The lowest BCUT2D eigenvalue weighted by Gasteiger charge is -2.16. The maximum atomic E-state index is 4.32. The molecule has 0 radical (unpaired) electrons. The molecule has 1 aliphatic carbocycles. The Hall–Kier alpha value is -1.46. The number of nitrogens with one attached hydrogen (secondary N) is 1. The molecule has 0 spiro atoms. The first-order valence-corrected chi connectivity index (χ1v) is 8.96. The molecule has 1 aromatic heterocycles. The topological polar surface area (TPSA) is 41.0 Å². The quantitative estimate of drug-likeness (QED) is 0.919. The number of likely N-dealkylation sites (tertiary alicyclic amines) is 1. The van der Waals surface area contributed by atoms with E-state index in [0.717, 1.165) is 24.8 Å². The monoisotopic (exact) mass is 314 g/mol. The van der Waals surface area contributed by atoms with E-state index >= 15 is 0 Å². The Bertz CT molecular complexity index is 623. The highest BCUT2D eigenvalue weighted by molar-refractivity contribution is 7.15.